The molecule has 0 spiro atoms. The van der Waals surface area contributed by atoms with Crippen LogP contribution in [0.4, 0.5) is 5.69 Å². The lowest BCUT2D eigenvalue weighted by molar-refractivity contribution is -0.137. The van der Waals surface area contributed by atoms with E-state index in [0.717, 1.165) is 18.4 Å². The molecule has 3 rings (SSSR count). The monoisotopic (exact) mass is 354 g/mol. The predicted molar refractivity (Wildman–Crippen MR) is 97.7 cm³/mol. The van der Waals surface area contributed by atoms with Crippen LogP contribution in [0.15, 0.2) is 54.6 Å². The number of methoxy groups -OCH3 is 1. The number of hydrogen-bond acceptors (Lipinski definition) is 4. The Morgan fingerprint density at radius 3 is 2.50 bits per heavy atom. The molecule has 0 aliphatic heterocycles. The first-order chi connectivity index (χ1) is 12.5. The summed E-state index contributed by atoms with van der Waals surface area (Å²) in [5.41, 5.74) is 0.0497. The minimum atomic E-state index is -1.16. The van der Waals surface area contributed by atoms with Crippen molar-refractivity contribution in [1.29, 1.82) is 0 Å². The van der Waals surface area contributed by atoms with Crippen LogP contribution >= 0.6 is 0 Å². The summed E-state index contributed by atoms with van der Waals surface area (Å²) in [7, 11) is 1.52. The number of amides is 2. The van der Waals surface area contributed by atoms with Gasteiger partial charge < -0.3 is 20.5 Å². The van der Waals surface area contributed by atoms with E-state index in [-0.39, 0.29) is 12.5 Å². The van der Waals surface area contributed by atoms with E-state index in [2.05, 4.69) is 10.6 Å². The van der Waals surface area contributed by atoms with Crippen molar-refractivity contribution in [2.45, 2.75) is 18.4 Å². The van der Waals surface area contributed by atoms with Gasteiger partial charge in [0, 0.05) is 11.8 Å². The van der Waals surface area contributed by atoms with Crippen molar-refractivity contribution in [3.05, 3.63) is 60.2 Å². The maximum absolute atomic E-state index is 12.2. The lowest BCUT2D eigenvalue weighted by Gasteiger charge is -2.29. The summed E-state index contributed by atoms with van der Waals surface area (Å²) in [6, 6.07) is 16.0. The lowest BCUT2D eigenvalue weighted by atomic mass is 9.88. The molecule has 136 valence electrons. The molecule has 1 fully saturated rings. The van der Waals surface area contributed by atoms with Gasteiger partial charge in [-0.15, -0.1) is 0 Å². The number of benzene rings is 2. The summed E-state index contributed by atoms with van der Waals surface area (Å²) in [6.07, 6.45) is 1.80. The summed E-state index contributed by atoms with van der Waals surface area (Å²) in [5, 5.41) is 16.1. The van der Waals surface area contributed by atoms with E-state index in [1.54, 1.807) is 24.3 Å². The maximum atomic E-state index is 12.2. The molecule has 2 amide bonds. The van der Waals surface area contributed by atoms with E-state index in [1.165, 1.54) is 7.11 Å². The smallest absolute Gasteiger partial charge is 0.313 e. The standard InChI is InChI=1S/C20H22N2O4/c1-26-17-9-5-8-16(12-17)22-19(24)18(23)21-13-20(25,15-10-11-15)14-6-3-2-4-7-14/h2-9,12,15,25H,10-11,13H2,1H3,(H,21,23)(H,22,24). The average molecular weight is 354 g/mol. The number of carbonyl (C=O) groups is 2. The van der Waals surface area contributed by atoms with Gasteiger partial charge in [-0.3, -0.25) is 9.59 Å². The molecule has 0 aromatic heterocycles. The predicted octanol–water partition coefficient (Wildman–Crippen LogP) is 2.05. The second-order valence-electron chi connectivity index (χ2n) is 6.43. The largest absolute Gasteiger partial charge is 0.497 e. The van der Waals surface area contributed by atoms with Gasteiger partial charge >= 0.3 is 11.8 Å². The Morgan fingerprint density at radius 1 is 1.12 bits per heavy atom. The molecule has 3 N–H and O–H groups in total. The molecule has 1 unspecified atom stereocenters. The van der Waals surface area contributed by atoms with Gasteiger partial charge in [0.05, 0.1) is 13.7 Å². The van der Waals surface area contributed by atoms with Crippen LogP contribution in [0.3, 0.4) is 0 Å². The molecular formula is C20H22N2O4. The summed E-state index contributed by atoms with van der Waals surface area (Å²) in [5.74, 6) is -0.908. The molecule has 2 aromatic carbocycles. The highest BCUT2D eigenvalue weighted by molar-refractivity contribution is 6.39. The Bertz CT molecular complexity index is 789. The zero-order chi connectivity index (χ0) is 18.6. The molecule has 6 heteroatoms. The van der Waals surface area contributed by atoms with Crippen LogP contribution in [0.5, 0.6) is 5.75 Å². The summed E-state index contributed by atoms with van der Waals surface area (Å²) < 4.78 is 5.09. The van der Waals surface area contributed by atoms with Gasteiger partial charge in [-0.2, -0.15) is 0 Å². The zero-order valence-electron chi connectivity index (χ0n) is 14.6. The van der Waals surface area contributed by atoms with Crippen LogP contribution in [0.25, 0.3) is 0 Å². The SMILES string of the molecule is COc1cccc(NC(=O)C(=O)NCC(O)(c2ccccc2)C2CC2)c1. The first-order valence-electron chi connectivity index (χ1n) is 8.54. The lowest BCUT2D eigenvalue weighted by Crippen LogP contribution is -2.45. The van der Waals surface area contributed by atoms with E-state index < -0.39 is 17.4 Å². The number of carbonyl (C=O) groups excluding carboxylic acids is 2. The minimum Gasteiger partial charge on any atom is -0.497 e. The number of anilines is 1. The number of nitrogens with one attached hydrogen (secondary N) is 2. The highest BCUT2D eigenvalue weighted by Crippen LogP contribution is 2.45. The average Bonchev–Trinajstić information content (AvgIpc) is 3.52. The number of hydrogen-bond donors (Lipinski definition) is 3. The molecule has 1 aliphatic carbocycles. The van der Waals surface area contributed by atoms with Crippen molar-refractivity contribution < 1.29 is 19.4 Å². The third-order valence-electron chi connectivity index (χ3n) is 4.58. The Labute approximate surface area is 152 Å². The Hall–Kier alpha value is -2.86. The summed E-state index contributed by atoms with van der Waals surface area (Å²) >= 11 is 0. The number of ether oxygens (including phenoxy) is 1. The van der Waals surface area contributed by atoms with Crippen molar-refractivity contribution in [2.75, 3.05) is 19.0 Å². The third kappa shape index (κ3) is 4.03. The molecule has 6 nitrogen and oxygen atoms in total. The highest BCUT2D eigenvalue weighted by Gasteiger charge is 2.45. The Kier molecular flexibility index (Phi) is 5.23. The van der Waals surface area contributed by atoms with Crippen LogP contribution in [-0.4, -0.2) is 30.6 Å². The second-order valence-corrected chi connectivity index (χ2v) is 6.43. The van der Waals surface area contributed by atoms with E-state index in [0.29, 0.717) is 11.4 Å². The quantitative estimate of drug-likeness (QED) is 0.693. The molecule has 0 heterocycles. The zero-order valence-corrected chi connectivity index (χ0v) is 14.6. The van der Waals surface area contributed by atoms with E-state index in [1.807, 2.05) is 30.3 Å². The molecule has 1 aliphatic rings. The Balaban J connectivity index is 1.62. The van der Waals surface area contributed by atoms with Gasteiger partial charge in [0.1, 0.15) is 11.4 Å². The van der Waals surface area contributed by atoms with Crippen LogP contribution in [-0.2, 0) is 15.2 Å². The van der Waals surface area contributed by atoms with Crippen molar-refractivity contribution in [2.24, 2.45) is 5.92 Å². The molecule has 0 saturated heterocycles. The molecule has 1 saturated carbocycles. The fourth-order valence-electron chi connectivity index (χ4n) is 2.95. The van der Waals surface area contributed by atoms with Crippen LogP contribution < -0.4 is 15.4 Å². The first-order valence-corrected chi connectivity index (χ1v) is 8.54. The number of aliphatic hydroxyl groups is 1. The van der Waals surface area contributed by atoms with Crippen LogP contribution in [0.1, 0.15) is 18.4 Å². The van der Waals surface area contributed by atoms with E-state index >= 15 is 0 Å². The number of rotatable bonds is 6. The highest BCUT2D eigenvalue weighted by atomic mass is 16.5. The molecule has 0 bridgehead atoms. The normalized spacial score (nSPS) is 15.6. The van der Waals surface area contributed by atoms with Crippen molar-refractivity contribution in [1.82, 2.24) is 5.32 Å². The second kappa shape index (κ2) is 7.58. The summed E-state index contributed by atoms with van der Waals surface area (Å²) in [6.45, 7) is -0.00789. The van der Waals surface area contributed by atoms with Gasteiger partial charge in [0.25, 0.3) is 0 Å². The van der Waals surface area contributed by atoms with Crippen molar-refractivity contribution >= 4 is 17.5 Å². The molecule has 2 aromatic rings. The van der Waals surface area contributed by atoms with Crippen molar-refractivity contribution in [3.63, 3.8) is 0 Å². The first kappa shape index (κ1) is 17.9. The molecule has 0 radical (unpaired) electrons. The summed E-state index contributed by atoms with van der Waals surface area (Å²) in [4.78, 5) is 24.3. The van der Waals surface area contributed by atoms with Crippen molar-refractivity contribution in [3.8, 4) is 5.75 Å². The Morgan fingerprint density at radius 2 is 1.85 bits per heavy atom. The van der Waals surface area contributed by atoms with Crippen LogP contribution in [0, 0.1) is 5.92 Å². The van der Waals surface area contributed by atoms with Gasteiger partial charge in [-0.1, -0.05) is 36.4 Å². The van der Waals surface area contributed by atoms with E-state index in [4.69, 9.17) is 4.74 Å². The molecule has 1 atom stereocenters. The van der Waals surface area contributed by atoms with Crippen LogP contribution in [0.2, 0.25) is 0 Å². The maximum Gasteiger partial charge on any atom is 0.313 e. The molecule has 26 heavy (non-hydrogen) atoms. The third-order valence-corrected chi connectivity index (χ3v) is 4.58. The van der Waals surface area contributed by atoms with Gasteiger partial charge in [0.15, 0.2) is 0 Å². The van der Waals surface area contributed by atoms with Gasteiger partial charge in [0.2, 0.25) is 0 Å². The van der Waals surface area contributed by atoms with Gasteiger partial charge in [-0.25, -0.2) is 0 Å². The topological polar surface area (TPSA) is 87.7 Å². The van der Waals surface area contributed by atoms with E-state index in [9.17, 15) is 14.7 Å². The fraction of sp³-hybridized carbons (Fsp3) is 0.300. The van der Waals surface area contributed by atoms with Gasteiger partial charge in [-0.05, 0) is 36.5 Å². The molecular weight excluding hydrogens is 332 g/mol. The fourth-order valence-corrected chi connectivity index (χ4v) is 2.95. The minimum absolute atomic E-state index is 0.00789.